The Bertz CT molecular complexity index is 211. The van der Waals surface area contributed by atoms with Crippen LogP contribution in [0.15, 0.2) is 24.5 Å². The Hall–Kier alpha value is -1.05. The van der Waals surface area contributed by atoms with Gasteiger partial charge in [0.25, 0.3) is 0 Å². The van der Waals surface area contributed by atoms with Gasteiger partial charge in [0.15, 0.2) is 0 Å². The van der Waals surface area contributed by atoms with Crippen molar-refractivity contribution in [2.75, 3.05) is 0 Å². The number of carbonyl (C=O) groups excluding carboxylic acids is 1. The zero-order valence-electron chi connectivity index (χ0n) is 6.18. The number of cyclic esters (lactones) is 1. The molecule has 2 heteroatoms. The van der Waals surface area contributed by atoms with Crippen LogP contribution in [-0.4, -0.2) is 5.97 Å². The first-order chi connectivity index (χ1) is 4.56. The van der Waals surface area contributed by atoms with Crippen LogP contribution < -0.4 is 0 Å². The van der Waals surface area contributed by atoms with E-state index in [-0.39, 0.29) is 5.97 Å². The maximum Gasteiger partial charge on any atom is 0.320 e. The van der Waals surface area contributed by atoms with Gasteiger partial charge in [0.2, 0.25) is 0 Å². The summed E-state index contributed by atoms with van der Waals surface area (Å²) in [6.45, 7) is 7.12. The van der Waals surface area contributed by atoms with E-state index in [1.54, 1.807) is 6.08 Å². The lowest BCUT2D eigenvalue weighted by atomic mass is 9.95. The lowest BCUT2D eigenvalue weighted by molar-refractivity contribution is -0.143. The smallest absolute Gasteiger partial charge is 0.320 e. The Labute approximate surface area is 60.2 Å². The summed E-state index contributed by atoms with van der Waals surface area (Å²) in [5.41, 5.74) is -0.469. The normalized spacial score (nSPS) is 21.8. The molecule has 54 valence electrons. The summed E-state index contributed by atoms with van der Waals surface area (Å²) in [6.07, 6.45) is 3.30. The zero-order valence-corrected chi connectivity index (χ0v) is 6.18. The predicted octanol–water partition coefficient (Wildman–Crippen LogP) is 1.64. The van der Waals surface area contributed by atoms with Crippen LogP contribution in [0.2, 0.25) is 0 Å². The van der Waals surface area contributed by atoms with Crippen molar-refractivity contribution in [3.63, 3.8) is 0 Å². The van der Waals surface area contributed by atoms with Crippen molar-refractivity contribution in [2.24, 2.45) is 5.41 Å². The molecule has 0 spiro atoms. The van der Waals surface area contributed by atoms with Gasteiger partial charge in [-0.25, -0.2) is 0 Å². The summed E-state index contributed by atoms with van der Waals surface area (Å²) >= 11 is 0. The van der Waals surface area contributed by atoms with E-state index >= 15 is 0 Å². The van der Waals surface area contributed by atoms with E-state index < -0.39 is 5.41 Å². The van der Waals surface area contributed by atoms with E-state index in [2.05, 4.69) is 6.58 Å². The van der Waals surface area contributed by atoms with Crippen LogP contribution in [-0.2, 0) is 9.53 Å². The molecule has 1 aliphatic heterocycles. The minimum Gasteiger partial charge on any atom is -0.426 e. The number of carbonyl (C=O) groups is 1. The Balaban J connectivity index is 2.91. The summed E-state index contributed by atoms with van der Waals surface area (Å²) in [6, 6.07) is 0. The van der Waals surface area contributed by atoms with Crippen LogP contribution in [0.25, 0.3) is 0 Å². The van der Waals surface area contributed by atoms with Gasteiger partial charge in [-0.1, -0.05) is 6.58 Å². The predicted molar refractivity (Wildman–Crippen MR) is 38.2 cm³/mol. The molecule has 2 nitrogen and oxygen atoms in total. The molecular weight excluding hydrogens is 128 g/mol. The molecule has 0 aromatic rings. The molecule has 0 saturated carbocycles. The van der Waals surface area contributed by atoms with Crippen molar-refractivity contribution in [2.45, 2.75) is 13.8 Å². The molecule has 0 aromatic heterocycles. The number of hydrogen-bond acceptors (Lipinski definition) is 2. The van der Waals surface area contributed by atoms with Crippen molar-refractivity contribution < 1.29 is 9.53 Å². The molecule has 0 amide bonds. The van der Waals surface area contributed by atoms with Gasteiger partial charge in [0.05, 0.1) is 5.41 Å². The largest absolute Gasteiger partial charge is 0.426 e. The van der Waals surface area contributed by atoms with Gasteiger partial charge in [0, 0.05) is 0 Å². The second kappa shape index (κ2) is 1.97. The van der Waals surface area contributed by atoms with E-state index in [1.165, 1.54) is 6.08 Å². The second-order valence-electron chi connectivity index (χ2n) is 2.86. The molecule has 0 unspecified atom stereocenters. The molecule has 0 aromatic carbocycles. The minimum absolute atomic E-state index is 0.206. The van der Waals surface area contributed by atoms with Gasteiger partial charge in [-0.05, 0) is 26.0 Å². The van der Waals surface area contributed by atoms with Crippen molar-refractivity contribution in [3.05, 3.63) is 24.5 Å². The fourth-order valence-electron chi connectivity index (χ4n) is 0.783. The standard InChI is InChI=1S/C8H10O2/c1-4-6-5-8(2,3)7(9)10-6/h4-5H,1H2,2-3H3. The quantitative estimate of drug-likeness (QED) is 0.515. The van der Waals surface area contributed by atoms with Crippen LogP contribution in [0, 0.1) is 5.41 Å². The van der Waals surface area contributed by atoms with Crippen LogP contribution in [0.3, 0.4) is 0 Å². The van der Waals surface area contributed by atoms with Gasteiger partial charge < -0.3 is 4.74 Å². The van der Waals surface area contributed by atoms with E-state index in [0.717, 1.165) is 0 Å². The van der Waals surface area contributed by atoms with Crippen LogP contribution in [0.1, 0.15) is 13.8 Å². The first kappa shape index (κ1) is 7.06. The minimum atomic E-state index is -0.469. The first-order valence-corrected chi connectivity index (χ1v) is 3.14. The van der Waals surface area contributed by atoms with E-state index in [4.69, 9.17) is 4.74 Å². The van der Waals surface area contributed by atoms with E-state index in [9.17, 15) is 4.79 Å². The number of ether oxygens (including phenoxy) is 1. The van der Waals surface area contributed by atoms with Crippen molar-refractivity contribution in [1.82, 2.24) is 0 Å². The molecule has 0 saturated heterocycles. The van der Waals surface area contributed by atoms with Gasteiger partial charge in [-0.3, -0.25) is 4.79 Å². The molecule has 0 fully saturated rings. The Kier molecular flexibility index (Phi) is 1.39. The summed E-state index contributed by atoms with van der Waals surface area (Å²) in [4.78, 5) is 10.9. The SMILES string of the molecule is C=CC1=CC(C)(C)C(=O)O1. The summed E-state index contributed by atoms with van der Waals surface area (Å²) in [5, 5.41) is 0. The maximum absolute atomic E-state index is 10.9. The van der Waals surface area contributed by atoms with Crippen molar-refractivity contribution in [1.29, 1.82) is 0 Å². The van der Waals surface area contributed by atoms with E-state index in [0.29, 0.717) is 5.76 Å². The van der Waals surface area contributed by atoms with Crippen LogP contribution in [0.5, 0.6) is 0 Å². The van der Waals surface area contributed by atoms with Gasteiger partial charge in [-0.15, -0.1) is 0 Å². The monoisotopic (exact) mass is 138 g/mol. The van der Waals surface area contributed by atoms with Crippen molar-refractivity contribution >= 4 is 5.97 Å². The molecule has 0 atom stereocenters. The maximum atomic E-state index is 10.9. The average molecular weight is 138 g/mol. The molecule has 0 N–H and O–H groups in total. The van der Waals surface area contributed by atoms with Crippen LogP contribution >= 0.6 is 0 Å². The third-order valence-corrected chi connectivity index (χ3v) is 1.44. The molecule has 10 heavy (non-hydrogen) atoms. The van der Waals surface area contributed by atoms with Crippen molar-refractivity contribution in [3.8, 4) is 0 Å². The summed E-state index contributed by atoms with van der Waals surface area (Å²) in [5.74, 6) is 0.359. The Morgan fingerprint density at radius 3 is 2.50 bits per heavy atom. The number of hydrogen-bond donors (Lipinski definition) is 0. The first-order valence-electron chi connectivity index (χ1n) is 3.14. The fraction of sp³-hybridized carbons (Fsp3) is 0.375. The molecule has 1 rings (SSSR count). The lowest BCUT2D eigenvalue weighted by Gasteiger charge is -2.07. The molecular formula is C8H10O2. The molecule has 0 aliphatic carbocycles. The number of rotatable bonds is 1. The Morgan fingerprint density at radius 1 is 1.70 bits per heavy atom. The second-order valence-corrected chi connectivity index (χ2v) is 2.86. The van der Waals surface area contributed by atoms with Gasteiger partial charge in [-0.2, -0.15) is 0 Å². The number of allylic oxidation sites excluding steroid dienone is 1. The van der Waals surface area contributed by atoms with Gasteiger partial charge in [0.1, 0.15) is 5.76 Å². The highest BCUT2D eigenvalue weighted by Crippen LogP contribution is 2.29. The summed E-state index contributed by atoms with van der Waals surface area (Å²) in [7, 11) is 0. The average Bonchev–Trinajstić information content (AvgIpc) is 2.08. The zero-order chi connectivity index (χ0) is 7.78. The fourth-order valence-corrected chi connectivity index (χ4v) is 0.783. The highest BCUT2D eigenvalue weighted by molar-refractivity contribution is 5.82. The molecule has 1 heterocycles. The number of esters is 1. The third-order valence-electron chi connectivity index (χ3n) is 1.44. The Morgan fingerprint density at radius 2 is 2.30 bits per heavy atom. The molecule has 1 aliphatic rings. The lowest BCUT2D eigenvalue weighted by Crippen LogP contribution is -2.17. The van der Waals surface area contributed by atoms with E-state index in [1.807, 2.05) is 13.8 Å². The van der Waals surface area contributed by atoms with Gasteiger partial charge >= 0.3 is 5.97 Å². The summed E-state index contributed by atoms with van der Waals surface area (Å²) < 4.78 is 4.83. The topological polar surface area (TPSA) is 26.3 Å². The van der Waals surface area contributed by atoms with Crippen LogP contribution in [0.4, 0.5) is 0 Å². The highest BCUT2D eigenvalue weighted by Gasteiger charge is 2.33. The third kappa shape index (κ3) is 0.967. The molecule has 0 radical (unpaired) electrons. The molecule has 0 bridgehead atoms. The highest BCUT2D eigenvalue weighted by atomic mass is 16.5.